The van der Waals surface area contributed by atoms with Gasteiger partial charge in [-0.2, -0.15) is 5.26 Å². The molecule has 152 valence electrons. The van der Waals surface area contributed by atoms with Crippen LogP contribution in [0.3, 0.4) is 0 Å². The first kappa shape index (κ1) is 22.3. The Morgan fingerprint density at radius 3 is 2.38 bits per heavy atom. The predicted molar refractivity (Wildman–Crippen MR) is 111 cm³/mol. The van der Waals surface area contributed by atoms with E-state index in [1.807, 2.05) is 19.9 Å². The molecule has 29 heavy (non-hydrogen) atoms. The average molecular weight is 436 g/mol. The lowest BCUT2D eigenvalue weighted by atomic mass is 10.1. The number of ether oxygens (including phenoxy) is 1. The Morgan fingerprint density at radius 2 is 1.83 bits per heavy atom. The molecule has 0 aliphatic carbocycles. The Hall–Kier alpha value is -2.95. The summed E-state index contributed by atoms with van der Waals surface area (Å²) in [6.45, 7) is 3.56. The summed E-state index contributed by atoms with van der Waals surface area (Å²) in [4.78, 5) is 22.5. The molecule has 0 spiro atoms. The third-order valence-electron chi connectivity index (χ3n) is 3.62. The first-order valence-corrected chi connectivity index (χ1v) is 9.37. The fourth-order valence-electron chi connectivity index (χ4n) is 2.50. The number of nitrogens with one attached hydrogen (secondary N) is 2. The van der Waals surface area contributed by atoms with Crippen molar-refractivity contribution in [3.05, 3.63) is 57.1 Å². The fourth-order valence-corrected chi connectivity index (χ4v) is 3.10. The molecule has 2 rings (SSSR count). The number of amides is 1. The molecular formula is C20H19Cl2N3O4. The lowest BCUT2D eigenvalue weighted by molar-refractivity contribution is -0.135. The van der Waals surface area contributed by atoms with Crippen molar-refractivity contribution >= 4 is 40.8 Å². The minimum atomic E-state index is -1.17. The van der Waals surface area contributed by atoms with E-state index in [1.54, 1.807) is 12.1 Å². The van der Waals surface area contributed by atoms with Gasteiger partial charge in [0.15, 0.2) is 5.75 Å². The van der Waals surface area contributed by atoms with Crippen LogP contribution in [0.2, 0.25) is 10.0 Å². The topological polar surface area (TPSA) is 111 Å². The third kappa shape index (κ3) is 6.56. The summed E-state index contributed by atoms with van der Waals surface area (Å²) < 4.78 is 5.72. The normalized spacial score (nSPS) is 10.3. The van der Waals surface area contributed by atoms with E-state index in [1.165, 1.54) is 12.1 Å². The van der Waals surface area contributed by atoms with Crippen molar-refractivity contribution in [2.75, 3.05) is 11.9 Å². The molecule has 0 unspecified atom stereocenters. The van der Waals surface area contributed by atoms with Crippen molar-refractivity contribution in [2.24, 2.45) is 0 Å². The summed E-state index contributed by atoms with van der Waals surface area (Å²) >= 11 is 12.4. The van der Waals surface area contributed by atoms with Crippen molar-refractivity contribution < 1.29 is 19.4 Å². The zero-order valence-corrected chi connectivity index (χ0v) is 17.3. The molecule has 0 bridgehead atoms. The molecule has 0 aromatic heterocycles. The van der Waals surface area contributed by atoms with Crippen LogP contribution < -0.4 is 15.4 Å². The van der Waals surface area contributed by atoms with Crippen LogP contribution in [-0.2, 0) is 11.4 Å². The van der Waals surface area contributed by atoms with Gasteiger partial charge in [0, 0.05) is 17.3 Å². The van der Waals surface area contributed by atoms with Gasteiger partial charge in [-0.1, -0.05) is 23.2 Å². The van der Waals surface area contributed by atoms with E-state index in [4.69, 9.17) is 33.0 Å². The van der Waals surface area contributed by atoms with Crippen LogP contribution in [0.1, 0.15) is 35.3 Å². The first-order valence-electron chi connectivity index (χ1n) is 8.62. The molecule has 0 atom stereocenters. The monoisotopic (exact) mass is 435 g/mol. The number of hydrogen-bond donors (Lipinski definition) is 3. The molecule has 0 heterocycles. The van der Waals surface area contributed by atoms with Gasteiger partial charge in [-0.15, -0.1) is 0 Å². The summed E-state index contributed by atoms with van der Waals surface area (Å²) in [5.41, 5.74) is 2.13. The second kappa shape index (κ2) is 10.0. The number of hydrogen-bond acceptors (Lipinski definition) is 5. The van der Waals surface area contributed by atoms with E-state index in [9.17, 15) is 14.9 Å². The van der Waals surface area contributed by atoms with Gasteiger partial charge in [-0.3, -0.25) is 9.59 Å². The SMILES string of the molecule is CC(C)Nc1cc(C#N)cc(COc2c(Cl)cc(C(=O)NCC(=O)O)cc2Cl)c1. The highest BCUT2D eigenvalue weighted by molar-refractivity contribution is 6.37. The Bertz CT molecular complexity index is 948. The highest BCUT2D eigenvalue weighted by Crippen LogP contribution is 2.35. The predicted octanol–water partition coefficient (Wildman–Crippen LogP) is 4.08. The Kier molecular flexibility index (Phi) is 7.71. The van der Waals surface area contributed by atoms with E-state index in [-0.39, 0.29) is 34.0 Å². The van der Waals surface area contributed by atoms with Crippen LogP contribution in [0, 0.1) is 11.3 Å². The number of nitrogens with zero attached hydrogens (tertiary/aromatic N) is 1. The molecular weight excluding hydrogens is 417 g/mol. The number of halogens is 2. The zero-order valence-electron chi connectivity index (χ0n) is 15.8. The summed E-state index contributed by atoms with van der Waals surface area (Å²) in [7, 11) is 0. The van der Waals surface area contributed by atoms with Crippen LogP contribution in [0.25, 0.3) is 0 Å². The van der Waals surface area contributed by atoms with Gasteiger partial charge in [-0.25, -0.2) is 0 Å². The minimum Gasteiger partial charge on any atom is -0.486 e. The van der Waals surface area contributed by atoms with Gasteiger partial charge in [0.1, 0.15) is 13.2 Å². The summed E-state index contributed by atoms with van der Waals surface area (Å²) in [6, 6.07) is 10.3. The van der Waals surface area contributed by atoms with Crippen LogP contribution in [0.5, 0.6) is 5.75 Å². The van der Waals surface area contributed by atoms with Gasteiger partial charge < -0.3 is 20.5 Å². The second-order valence-corrected chi connectivity index (χ2v) is 7.28. The van der Waals surface area contributed by atoms with E-state index >= 15 is 0 Å². The van der Waals surface area contributed by atoms with Crippen molar-refractivity contribution in [2.45, 2.75) is 26.5 Å². The second-order valence-electron chi connectivity index (χ2n) is 6.46. The van der Waals surface area contributed by atoms with E-state index in [2.05, 4.69) is 16.7 Å². The molecule has 0 fully saturated rings. The molecule has 9 heteroatoms. The Labute approximate surface area is 178 Å². The Balaban J connectivity index is 2.18. The smallest absolute Gasteiger partial charge is 0.322 e. The van der Waals surface area contributed by atoms with Gasteiger partial charge in [0.25, 0.3) is 5.91 Å². The van der Waals surface area contributed by atoms with Gasteiger partial charge in [-0.05, 0) is 49.7 Å². The first-order chi connectivity index (χ1) is 13.7. The van der Waals surface area contributed by atoms with Crippen LogP contribution in [0.15, 0.2) is 30.3 Å². The molecule has 7 nitrogen and oxygen atoms in total. The lowest BCUT2D eigenvalue weighted by Crippen LogP contribution is -2.29. The molecule has 0 saturated carbocycles. The van der Waals surface area contributed by atoms with Crippen molar-refractivity contribution in [1.82, 2.24) is 5.32 Å². The number of anilines is 1. The number of carbonyl (C=O) groups excluding carboxylic acids is 1. The molecule has 0 saturated heterocycles. The van der Waals surface area contributed by atoms with Crippen LogP contribution >= 0.6 is 23.2 Å². The van der Waals surface area contributed by atoms with Gasteiger partial charge in [0.2, 0.25) is 0 Å². The Morgan fingerprint density at radius 1 is 1.17 bits per heavy atom. The van der Waals surface area contributed by atoms with E-state index < -0.39 is 18.4 Å². The zero-order chi connectivity index (χ0) is 21.6. The van der Waals surface area contributed by atoms with Crippen molar-refractivity contribution in [1.29, 1.82) is 5.26 Å². The molecule has 2 aromatic carbocycles. The number of carboxylic acids is 1. The largest absolute Gasteiger partial charge is 0.486 e. The van der Waals surface area contributed by atoms with Gasteiger partial charge >= 0.3 is 5.97 Å². The number of carbonyl (C=O) groups is 2. The van der Waals surface area contributed by atoms with E-state index in [0.717, 1.165) is 11.3 Å². The minimum absolute atomic E-state index is 0.103. The molecule has 0 radical (unpaired) electrons. The quantitative estimate of drug-likeness (QED) is 0.575. The maximum atomic E-state index is 12.0. The highest BCUT2D eigenvalue weighted by Gasteiger charge is 2.15. The molecule has 1 amide bonds. The average Bonchev–Trinajstić information content (AvgIpc) is 2.64. The molecule has 0 aliphatic rings. The number of nitriles is 1. The van der Waals surface area contributed by atoms with Gasteiger partial charge in [0.05, 0.1) is 21.7 Å². The fraction of sp³-hybridized carbons (Fsp3) is 0.250. The van der Waals surface area contributed by atoms with Crippen molar-refractivity contribution in [3.8, 4) is 11.8 Å². The lowest BCUT2D eigenvalue weighted by Gasteiger charge is -2.14. The van der Waals surface area contributed by atoms with Crippen LogP contribution in [0.4, 0.5) is 5.69 Å². The van der Waals surface area contributed by atoms with Crippen molar-refractivity contribution in [3.63, 3.8) is 0 Å². The molecule has 2 aromatic rings. The highest BCUT2D eigenvalue weighted by atomic mass is 35.5. The maximum absolute atomic E-state index is 12.0. The summed E-state index contributed by atoms with van der Waals surface area (Å²) in [5, 5.41) is 23.5. The van der Waals surface area contributed by atoms with E-state index in [0.29, 0.717) is 5.56 Å². The maximum Gasteiger partial charge on any atom is 0.322 e. The number of aliphatic carboxylic acids is 1. The number of rotatable bonds is 8. The third-order valence-corrected chi connectivity index (χ3v) is 4.18. The summed E-state index contributed by atoms with van der Waals surface area (Å²) in [6.07, 6.45) is 0. The summed E-state index contributed by atoms with van der Waals surface area (Å²) in [5.74, 6) is -1.60. The van der Waals surface area contributed by atoms with Crippen LogP contribution in [-0.4, -0.2) is 29.6 Å². The number of carboxylic acid groups (broad SMARTS) is 1. The molecule has 3 N–H and O–H groups in total. The molecule has 0 aliphatic heterocycles. The standard InChI is InChI=1S/C20H19Cl2N3O4/c1-11(2)25-15-4-12(8-23)3-13(5-15)10-29-19-16(21)6-14(7-17(19)22)20(28)24-9-18(26)27/h3-7,11,25H,9-10H2,1-2H3,(H,24,28)(H,26,27). The number of benzene rings is 2.